The van der Waals surface area contributed by atoms with Crippen LogP contribution in [-0.2, 0) is 12.0 Å². The molecule has 0 aliphatic heterocycles. The lowest BCUT2D eigenvalue weighted by Gasteiger charge is -2.19. The number of carbonyl (C=O) groups is 1. The van der Waals surface area contributed by atoms with Crippen LogP contribution >= 0.6 is 11.8 Å². The summed E-state index contributed by atoms with van der Waals surface area (Å²) in [5.41, 5.74) is 2.94. The molecule has 0 N–H and O–H groups in total. The Balaban J connectivity index is 1.79. The maximum atomic E-state index is 12.9. The molecule has 2 heterocycles. The van der Waals surface area contributed by atoms with Crippen molar-refractivity contribution in [2.24, 2.45) is 0 Å². The van der Waals surface area contributed by atoms with Gasteiger partial charge in [0.05, 0.1) is 17.1 Å². The van der Waals surface area contributed by atoms with E-state index in [0.29, 0.717) is 0 Å². The summed E-state index contributed by atoms with van der Waals surface area (Å²) in [6.07, 6.45) is 1.65. The highest BCUT2D eigenvalue weighted by atomic mass is 32.2. The molecule has 3 aromatic rings. The second-order valence-electron chi connectivity index (χ2n) is 7.89. The normalized spacial score (nSPS) is 12.9. The molecule has 0 aliphatic rings. The topological polar surface area (TPSA) is 60.9 Å². The van der Waals surface area contributed by atoms with Crippen molar-refractivity contribution in [1.82, 2.24) is 14.8 Å². The summed E-state index contributed by atoms with van der Waals surface area (Å²) in [7, 11) is 0. The van der Waals surface area contributed by atoms with Crippen molar-refractivity contribution in [3.05, 3.63) is 53.5 Å². The van der Waals surface area contributed by atoms with Crippen molar-refractivity contribution >= 4 is 17.5 Å². The van der Waals surface area contributed by atoms with E-state index in [-0.39, 0.29) is 16.4 Å². The number of hydrogen-bond acceptors (Lipinski definition) is 5. The van der Waals surface area contributed by atoms with E-state index in [1.54, 1.807) is 6.26 Å². The van der Waals surface area contributed by atoms with E-state index < -0.39 is 0 Å². The maximum Gasteiger partial charge on any atom is 0.192 e. The third-order valence-corrected chi connectivity index (χ3v) is 5.90. The molecule has 148 valence electrons. The number of thioether (sulfide) groups is 1. The monoisotopic (exact) mass is 397 g/mol. The number of nitrogens with zero attached hydrogens (tertiary/aromatic N) is 3. The van der Waals surface area contributed by atoms with E-state index in [1.165, 1.54) is 17.3 Å². The number of benzene rings is 1. The lowest BCUT2D eigenvalue weighted by Crippen LogP contribution is -2.16. The Morgan fingerprint density at radius 2 is 1.86 bits per heavy atom. The zero-order valence-corrected chi connectivity index (χ0v) is 18.1. The molecule has 6 heteroatoms. The smallest absolute Gasteiger partial charge is 0.192 e. The first-order chi connectivity index (χ1) is 13.2. The van der Waals surface area contributed by atoms with Gasteiger partial charge in [0, 0.05) is 12.1 Å². The Kier molecular flexibility index (Phi) is 5.79. The van der Waals surface area contributed by atoms with Gasteiger partial charge in [-0.15, -0.1) is 10.2 Å². The van der Waals surface area contributed by atoms with Crippen molar-refractivity contribution in [1.29, 1.82) is 0 Å². The second-order valence-corrected chi connectivity index (χ2v) is 9.20. The molecule has 0 bridgehead atoms. The van der Waals surface area contributed by atoms with Crippen LogP contribution in [0.25, 0.3) is 11.4 Å². The first-order valence-electron chi connectivity index (χ1n) is 9.51. The van der Waals surface area contributed by atoms with Gasteiger partial charge in [0.25, 0.3) is 0 Å². The van der Waals surface area contributed by atoms with Crippen molar-refractivity contribution in [3.8, 4) is 11.4 Å². The molecular weight excluding hydrogens is 370 g/mol. The Morgan fingerprint density at radius 1 is 1.18 bits per heavy atom. The minimum atomic E-state index is -0.256. The van der Waals surface area contributed by atoms with Crippen molar-refractivity contribution in [2.45, 2.75) is 63.9 Å². The number of aromatic nitrogens is 3. The van der Waals surface area contributed by atoms with E-state index in [1.807, 2.05) is 55.7 Å². The molecule has 0 radical (unpaired) electrons. The van der Waals surface area contributed by atoms with Crippen molar-refractivity contribution < 1.29 is 9.21 Å². The van der Waals surface area contributed by atoms with Gasteiger partial charge in [0.1, 0.15) is 5.76 Å². The van der Waals surface area contributed by atoms with Crippen LogP contribution in [0.5, 0.6) is 0 Å². The lowest BCUT2D eigenvalue weighted by atomic mass is 9.86. The highest BCUT2D eigenvalue weighted by Crippen LogP contribution is 2.30. The van der Waals surface area contributed by atoms with Gasteiger partial charge >= 0.3 is 0 Å². The average Bonchev–Trinajstić information content (AvgIpc) is 3.25. The van der Waals surface area contributed by atoms with E-state index >= 15 is 0 Å². The third kappa shape index (κ3) is 4.07. The molecule has 0 saturated carbocycles. The molecule has 1 aromatic carbocycles. The highest BCUT2D eigenvalue weighted by molar-refractivity contribution is 8.00. The lowest BCUT2D eigenvalue weighted by molar-refractivity contribution is 0.0993. The molecule has 5 nitrogen and oxygen atoms in total. The Bertz CT molecular complexity index is 965. The maximum absolute atomic E-state index is 12.9. The van der Waals surface area contributed by atoms with E-state index in [9.17, 15) is 4.79 Å². The largest absolute Gasteiger partial charge is 0.469 e. The predicted octanol–water partition coefficient (Wildman–Crippen LogP) is 5.53. The van der Waals surface area contributed by atoms with Crippen LogP contribution in [0.4, 0.5) is 0 Å². The minimum absolute atomic E-state index is 0.0705. The molecule has 0 spiro atoms. The van der Waals surface area contributed by atoms with Crippen LogP contribution < -0.4 is 0 Å². The number of rotatable bonds is 6. The standard InChI is InChI=1S/C22H27N3O2S/c1-7-25-20(18-12-13-27-14(18)2)23-24-21(25)28-15(3)19(26)16-8-10-17(11-9-16)22(4,5)6/h8-13,15H,7H2,1-6H3. The first-order valence-corrected chi connectivity index (χ1v) is 10.4. The molecule has 28 heavy (non-hydrogen) atoms. The Morgan fingerprint density at radius 3 is 2.39 bits per heavy atom. The van der Waals surface area contributed by atoms with Crippen LogP contribution in [0.15, 0.2) is 46.2 Å². The van der Waals surface area contributed by atoms with Gasteiger partial charge in [-0.25, -0.2) is 0 Å². The molecule has 0 fully saturated rings. The van der Waals surface area contributed by atoms with Crippen LogP contribution in [0.2, 0.25) is 0 Å². The Hall–Kier alpha value is -2.34. The molecule has 0 aliphatic carbocycles. The summed E-state index contributed by atoms with van der Waals surface area (Å²) in [6.45, 7) is 13.1. The molecule has 0 amide bonds. The van der Waals surface area contributed by atoms with Crippen molar-refractivity contribution in [2.75, 3.05) is 0 Å². The van der Waals surface area contributed by atoms with Gasteiger partial charge in [-0.1, -0.05) is 56.8 Å². The van der Waals surface area contributed by atoms with Crippen LogP contribution in [0.3, 0.4) is 0 Å². The summed E-state index contributed by atoms with van der Waals surface area (Å²) in [6, 6.07) is 9.82. The van der Waals surface area contributed by atoms with Gasteiger partial charge in [0.15, 0.2) is 16.8 Å². The summed E-state index contributed by atoms with van der Waals surface area (Å²) in [4.78, 5) is 12.9. The molecule has 2 aromatic heterocycles. The van der Waals surface area contributed by atoms with Gasteiger partial charge in [-0.2, -0.15) is 0 Å². The fourth-order valence-corrected chi connectivity index (χ4v) is 4.05. The van der Waals surface area contributed by atoms with Crippen LogP contribution in [0.1, 0.15) is 56.3 Å². The van der Waals surface area contributed by atoms with E-state index in [0.717, 1.165) is 34.4 Å². The number of hydrogen-bond donors (Lipinski definition) is 0. The summed E-state index contributed by atoms with van der Waals surface area (Å²) >= 11 is 1.44. The fourth-order valence-electron chi connectivity index (χ4n) is 3.06. The van der Waals surface area contributed by atoms with Gasteiger partial charge in [-0.3, -0.25) is 4.79 Å². The number of Topliss-reactive ketones (excluding diaryl/α,β-unsaturated/α-hetero) is 1. The van der Waals surface area contributed by atoms with Gasteiger partial charge in [-0.05, 0) is 37.8 Å². The molecular formula is C22H27N3O2S. The predicted molar refractivity (Wildman–Crippen MR) is 113 cm³/mol. The van der Waals surface area contributed by atoms with E-state index in [2.05, 4.69) is 31.0 Å². The molecule has 1 unspecified atom stereocenters. The average molecular weight is 398 g/mol. The number of aryl methyl sites for hydroxylation is 1. The van der Waals surface area contributed by atoms with Crippen LogP contribution in [-0.4, -0.2) is 25.8 Å². The van der Waals surface area contributed by atoms with Crippen molar-refractivity contribution in [3.63, 3.8) is 0 Å². The minimum Gasteiger partial charge on any atom is -0.469 e. The summed E-state index contributed by atoms with van der Waals surface area (Å²) < 4.78 is 7.42. The van der Waals surface area contributed by atoms with Gasteiger partial charge < -0.3 is 8.98 Å². The zero-order chi connectivity index (χ0) is 20.5. The highest BCUT2D eigenvalue weighted by Gasteiger charge is 2.23. The van der Waals surface area contributed by atoms with Gasteiger partial charge in [0.2, 0.25) is 0 Å². The summed E-state index contributed by atoms with van der Waals surface area (Å²) in [5, 5.41) is 9.15. The quantitative estimate of drug-likeness (QED) is 0.404. The van der Waals surface area contributed by atoms with Crippen LogP contribution in [0, 0.1) is 6.92 Å². The zero-order valence-electron chi connectivity index (χ0n) is 17.3. The molecule has 1 atom stereocenters. The SMILES string of the molecule is CCn1c(SC(C)C(=O)c2ccc(C(C)(C)C)cc2)nnc1-c1ccoc1C. The number of carbonyl (C=O) groups excluding carboxylic acids is 1. The fraction of sp³-hybridized carbons (Fsp3) is 0.409. The first kappa shape index (κ1) is 20.4. The Labute approximate surface area is 170 Å². The molecule has 0 saturated heterocycles. The molecule has 3 rings (SSSR count). The van der Waals surface area contributed by atoms with E-state index in [4.69, 9.17) is 4.42 Å². The number of furan rings is 1. The second kappa shape index (κ2) is 7.95. The third-order valence-electron chi connectivity index (χ3n) is 4.82. The summed E-state index contributed by atoms with van der Waals surface area (Å²) in [5.74, 6) is 1.67. The number of ketones is 1.